The van der Waals surface area contributed by atoms with Gasteiger partial charge in [0.1, 0.15) is 0 Å². The maximum absolute atomic E-state index is 12.5. The predicted octanol–water partition coefficient (Wildman–Crippen LogP) is 3.58. The molecule has 2 heterocycles. The van der Waals surface area contributed by atoms with Crippen molar-refractivity contribution in [3.63, 3.8) is 0 Å². The fourth-order valence-corrected chi connectivity index (χ4v) is 3.34. The van der Waals surface area contributed by atoms with Crippen LogP contribution in [0.2, 0.25) is 0 Å². The number of ether oxygens (including phenoxy) is 2. The Morgan fingerprint density at radius 3 is 2.54 bits per heavy atom. The summed E-state index contributed by atoms with van der Waals surface area (Å²) in [7, 11) is 3.16. The smallest absolute Gasteiger partial charge is 0.232 e. The van der Waals surface area contributed by atoms with Gasteiger partial charge in [-0.1, -0.05) is 22.9 Å². The van der Waals surface area contributed by atoms with E-state index >= 15 is 0 Å². The molecule has 1 atom stereocenters. The van der Waals surface area contributed by atoms with Gasteiger partial charge in [-0.3, -0.25) is 4.79 Å². The van der Waals surface area contributed by atoms with Gasteiger partial charge in [-0.2, -0.15) is 4.98 Å². The molecule has 1 amide bonds. The molecule has 0 radical (unpaired) electrons. The summed E-state index contributed by atoms with van der Waals surface area (Å²) in [5, 5.41) is 4.08. The van der Waals surface area contributed by atoms with Gasteiger partial charge in [0.25, 0.3) is 0 Å². The Labute approximate surface area is 162 Å². The van der Waals surface area contributed by atoms with Crippen LogP contribution in [-0.4, -0.2) is 36.8 Å². The average molecular weight is 379 g/mol. The molecule has 1 aliphatic rings. The van der Waals surface area contributed by atoms with Crippen molar-refractivity contribution in [2.45, 2.75) is 19.3 Å². The van der Waals surface area contributed by atoms with Crippen molar-refractivity contribution >= 4 is 11.6 Å². The fraction of sp³-hybridized carbons (Fsp3) is 0.286. The quantitative estimate of drug-likeness (QED) is 0.674. The van der Waals surface area contributed by atoms with Crippen molar-refractivity contribution < 1.29 is 18.8 Å². The van der Waals surface area contributed by atoms with Crippen LogP contribution in [0.1, 0.15) is 23.8 Å². The molecule has 7 heteroatoms. The van der Waals surface area contributed by atoms with Gasteiger partial charge in [0.2, 0.25) is 17.6 Å². The lowest BCUT2D eigenvalue weighted by Gasteiger charge is -2.16. The monoisotopic (exact) mass is 379 g/mol. The average Bonchev–Trinajstić information content (AvgIpc) is 3.35. The number of benzene rings is 2. The number of aryl methyl sites for hydroxylation is 1. The van der Waals surface area contributed by atoms with Crippen molar-refractivity contribution in [3.8, 4) is 22.9 Å². The van der Waals surface area contributed by atoms with E-state index in [4.69, 9.17) is 14.0 Å². The first-order valence-electron chi connectivity index (χ1n) is 9.02. The topological polar surface area (TPSA) is 77.7 Å². The normalized spacial score (nSPS) is 16.5. The van der Waals surface area contributed by atoms with Crippen molar-refractivity contribution in [1.29, 1.82) is 0 Å². The molecule has 0 bridgehead atoms. The molecule has 0 unspecified atom stereocenters. The first-order valence-corrected chi connectivity index (χ1v) is 9.02. The molecule has 144 valence electrons. The maximum Gasteiger partial charge on any atom is 0.232 e. The van der Waals surface area contributed by atoms with Crippen LogP contribution in [0.3, 0.4) is 0 Å². The molecule has 2 aromatic carbocycles. The van der Waals surface area contributed by atoms with Gasteiger partial charge in [-0.15, -0.1) is 0 Å². The van der Waals surface area contributed by atoms with E-state index in [0.29, 0.717) is 36.2 Å². The molecule has 0 aliphatic carbocycles. The third-order valence-corrected chi connectivity index (χ3v) is 4.90. The summed E-state index contributed by atoms with van der Waals surface area (Å²) in [6.45, 7) is 2.54. The number of methoxy groups -OCH3 is 2. The van der Waals surface area contributed by atoms with Gasteiger partial charge in [-0.05, 0) is 37.3 Å². The minimum atomic E-state index is -0.129. The second-order valence-electron chi connectivity index (χ2n) is 6.77. The van der Waals surface area contributed by atoms with Gasteiger partial charge in [-0.25, -0.2) is 0 Å². The van der Waals surface area contributed by atoms with Gasteiger partial charge in [0, 0.05) is 24.2 Å². The van der Waals surface area contributed by atoms with Crippen LogP contribution >= 0.6 is 0 Å². The molecule has 1 aliphatic heterocycles. The van der Waals surface area contributed by atoms with Gasteiger partial charge < -0.3 is 18.9 Å². The molecular formula is C21H21N3O4. The molecule has 0 spiro atoms. The number of carbonyl (C=O) groups excluding carboxylic acids is 1. The minimum Gasteiger partial charge on any atom is -0.493 e. The van der Waals surface area contributed by atoms with Gasteiger partial charge in [0.05, 0.1) is 20.1 Å². The number of nitrogens with zero attached hydrogens (tertiary/aromatic N) is 3. The molecule has 1 aromatic heterocycles. The second-order valence-corrected chi connectivity index (χ2v) is 6.77. The Bertz CT molecular complexity index is 997. The largest absolute Gasteiger partial charge is 0.493 e. The summed E-state index contributed by atoms with van der Waals surface area (Å²) in [6.07, 6.45) is 0.349. The number of hydrogen-bond acceptors (Lipinski definition) is 6. The van der Waals surface area contributed by atoms with Crippen LogP contribution in [0.4, 0.5) is 5.69 Å². The highest BCUT2D eigenvalue weighted by molar-refractivity contribution is 5.96. The Morgan fingerprint density at radius 2 is 1.82 bits per heavy atom. The second kappa shape index (κ2) is 7.34. The number of amides is 1. The van der Waals surface area contributed by atoms with Crippen LogP contribution in [0.25, 0.3) is 11.4 Å². The van der Waals surface area contributed by atoms with E-state index in [1.165, 1.54) is 0 Å². The summed E-state index contributed by atoms with van der Waals surface area (Å²) in [4.78, 5) is 18.8. The lowest BCUT2D eigenvalue weighted by molar-refractivity contribution is -0.117. The standard InChI is InChI=1S/C21H21N3O4/c1-13-4-7-16(8-5-13)24-12-15(11-19(24)25)21-22-20(23-28-21)14-6-9-17(26-2)18(10-14)27-3/h4-10,15H,11-12H2,1-3H3/t15-/m0/s1. The van der Waals surface area contributed by atoms with E-state index < -0.39 is 0 Å². The Morgan fingerprint density at radius 1 is 1.07 bits per heavy atom. The Balaban J connectivity index is 1.55. The summed E-state index contributed by atoms with van der Waals surface area (Å²) in [5.74, 6) is 2.07. The van der Waals surface area contributed by atoms with Crippen molar-refractivity contribution in [3.05, 3.63) is 53.9 Å². The predicted molar refractivity (Wildman–Crippen MR) is 104 cm³/mol. The van der Waals surface area contributed by atoms with Crippen LogP contribution in [-0.2, 0) is 4.79 Å². The van der Waals surface area contributed by atoms with Crippen LogP contribution in [0.15, 0.2) is 47.0 Å². The van der Waals surface area contributed by atoms with Crippen LogP contribution in [0, 0.1) is 6.92 Å². The van der Waals surface area contributed by atoms with Crippen molar-refractivity contribution in [2.75, 3.05) is 25.7 Å². The Kier molecular flexibility index (Phi) is 4.73. The zero-order valence-corrected chi connectivity index (χ0v) is 16.0. The van der Waals surface area contributed by atoms with E-state index in [-0.39, 0.29) is 11.8 Å². The highest BCUT2D eigenvalue weighted by Gasteiger charge is 2.35. The number of carbonyl (C=O) groups is 1. The van der Waals surface area contributed by atoms with E-state index in [9.17, 15) is 4.79 Å². The van der Waals surface area contributed by atoms with E-state index in [1.807, 2.05) is 37.3 Å². The lowest BCUT2D eigenvalue weighted by Crippen LogP contribution is -2.24. The molecule has 3 aromatic rings. The minimum absolute atomic E-state index is 0.0553. The first kappa shape index (κ1) is 18.0. The third-order valence-electron chi connectivity index (χ3n) is 4.90. The van der Waals surface area contributed by atoms with Crippen molar-refractivity contribution in [2.24, 2.45) is 0 Å². The zero-order valence-electron chi connectivity index (χ0n) is 16.0. The molecule has 0 saturated carbocycles. The molecule has 1 saturated heterocycles. The summed E-state index contributed by atoms with van der Waals surface area (Å²) in [5.41, 5.74) is 2.80. The fourth-order valence-electron chi connectivity index (χ4n) is 3.34. The van der Waals surface area contributed by atoms with Crippen LogP contribution in [0.5, 0.6) is 11.5 Å². The highest BCUT2D eigenvalue weighted by Crippen LogP contribution is 2.34. The summed E-state index contributed by atoms with van der Waals surface area (Å²) < 4.78 is 16.1. The number of hydrogen-bond donors (Lipinski definition) is 0. The number of aromatic nitrogens is 2. The number of rotatable bonds is 5. The highest BCUT2D eigenvalue weighted by atomic mass is 16.5. The summed E-state index contributed by atoms with van der Waals surface area (Å²) >= 11 is 0. The van der Waals surface area contributed by atoms with E-state index in [0.717, 1.165) is 16.8 Å². The van der Waals surface area contributed by atoms with E-state index in [2.05, 4.69) is 10.1 Å². The van der Waals surface area contributed by atoms with Gasteiger partial charge >= 0.3 is 0 Å². The zero-order chi connectivity index (χ0) is 19.7. The molecular weight excluding hydrogens is 358 g/mol. The van der Waals surface area contributed by atoms with Crippen molar-refractivity contribution in [1.82, 2.24) is 10.1 Å². The molecule has 28 heavy (non-hydrogen) atoms. The molecule has 0 N–H and O–H groups in total. The van der Waals surface area contributed by atoms with Crippen LogP contribution < -0.4 is 14.4 Å². The van der Waals surface area contributed by atoms with E-state index in [1.54, 1.807) is 31.3 Å². The maximum atomic E-state index is 12.5. The first-order chi connectivity index (χ1) is 13.6. The SMILES string of the molecule is COc1ccc(-c2noc([C@H]3CC(=O)N(c4ccc(C)cc4)C3)n2)cc1OC. The lowest BCUT2D eigenvalue weighted by atomic mass is 10.1. The molecule has 7 nitrogen and oxygen atoms in total. The third kappa shape index (κ3) is 3.31. The molecule has 1 fully saturated rings. The summed E-state index contributed by atoms with van der Waals surface area (Å²) in [6, 6.07) is 13.3. The van der Waals surface area contributed by atoms with Gasteiger partial charge in [0.15, 0.2) is 11.5 Å². The molecule has 4 rings (SSSR count). The number of anilines is 1. The Hall–Kier alpha value is -3.35.